The number of rotatable bonds is 28. The normalized spacial score (nSPS) is 12.8. The lowest BCUT2D eigenvalue weighted by molar-refractivity contribution is -0.153. The molecule has 0 aliphatic carbocycles. The monoisotopic (exact) mass is 1350 g/mol. The molecule has 0 heterocycles. The minimum absolute atomic E-state index is 0.0729. The molecule has 514 valence electrons. The molecular formula is C89H86O12. The number of hydrogen-bond donors (Lipinski definition) is 6. The fourth-order valence-electron chi connectivity index (χ4n) is 12.3. The van der Waals surface area contributed by atoms with Crippen molar-refractivity contribution >= 4 is 35.8 Å². The van der Waals surface area contributed by atoms with Crippen LogP contribution in [-0.2, 0) is 73.7 Å². The second-order valence-corrected chi connectivity index (χ2v) is 25.3. The summed E-state index contributed by atoms with van der Waals surface area (Å²) in [5.74, 6) is -10.4. The zero-order valence-corrected chi connectivity index (χ0v) is 56.8. The third-order valence-electron chi connectivity index (χ3n) is 18.2. The first-order chi connectivity index (χ1) is 48.9. The van der Waals surface area contributed by atoms with Crippen molar-refractivity contribution in [2.75, 3.05) is 0 Å². The van der Waals surface area contributed by atoms with Crippen LogP contribution in [0.5, 0.6) is 0 Å². The van der Waals surface area contributed by atoms with E-state index in [1.54, 1.807) is 0 Å². The minimum atomic E-state index is -1.09. The maximum absolute atomic E-state index is 11.9. The molecule has 101 heavy (non-hydrogen) atoms. The molecule has 0 unspecified atom stereocenters. The van der Waals surface area contributed by atoms with Gasteiger partial charge in [0.1, 0.15) is 0 Å². The molecule has 0 saturated heterocycles. The van der Waals surface area contributed by atoms with Gasteiger partial charge in [0.2, 0.25) is 0 Å². The first kappa shape index (κ1) is 75.0. The molecule has 0 aliphatic rings. The SMILES string of the molecule is CC[C@H](Cc1ccc(-c2ccccc2)cc1)C(=O)O.C[C@@H](Cc1ccccc1)[C@H](Cc1ccc(-c2ccccc2)cc1)C(=O)O.O=C(O)[C@@H](Cc1ccc(-c2ccccc2)cc1)[C@@H](Cc1ccccc1)C(=O)O.O=C(O)[C@@H](Cc1ccccc1)[C@H](Cc1ccc(-c2ccccc2)cc1)C(=O)O. The van der Waals surface area contributed by atoms with Gasteiger partial charge in [-0.05, 0) is 141 Å². The summed E-state index contributed by atoms with van der Waals surface area (Å²) in [4.78, 5) is 70.2. The van der Waals surface area contributed by atoms with Gasteiger partial charge in [-0.2, -0.15) is 0 Å². The number of aliphatic carboxylic acids is 6. The highest BCUT2D eigenvalue weighted by molar-refractivity contribution is 5.82. The van der Waals surface area contributed by atoms with Gasteiger partial charge in [-0.25, -0.2) is 0 Å². The Hall–Kier alpha value is -11.8. The maximum Gasteiger partial charge on any atom is 0.307 e. The third-order valence-corrected chi connectivity index (χ3v) is 18.2. The highest BCUT2D eigenvalue weighted by Crippen LogP contribution is 2.30. The Labute approximate surface area is 591 Å². The number of benzene rings is 11. The van der Waals surface area contributed by atoms with Crippen LogP contribution in [0, 0.1) is 41.4 Å². The first-order valence-electron chi connectivity index (χ1n) is 34.0. The van der Waals surface area contributed by atoms with Crippen LogP contribution in [0.3, 0.4) is 0 Å². The molecule has 0 fully saturated rings. The van der Waals surface area contributed by atoms with Crippen LogP contribution >= 0.6 is 0 Å². The largest absolute Gasteiger partial charge is 0.481 e. The van der Waals surface area contributed by atoms with E-state index in [2.05, 4.69) is 60.7 Å². The predicted molar refractivity (Wildman–Crippen MR) is 399 cm³/mol. The molecule has 7 atom stereocenters. The topological polar surface area (TPSA) is 224 Å². The lowest BCUT2D eigenvalue weighted by Crippen LogP contribution is -2.33. The Kier molecular flexibility index (Phi) is 29.0. The second-order valence-electron chi connectivity index (χ2n) is 25.3. The summed E-state index contributed by atoms with van der Waals surface area (Å²) in [6.45, 7) is 3.95. The van der Waals surface area contributed by atoms with E-state index in [4.69, 9.17) is 5.11 Å². The van der Waals surface area contributed by atoms with Gasteiger partial charge in [0.15, 0.2) is 0 Å². The number of carbonyl (C=O) groups is 6. The summed E-state index contributed by atoms with van der Waals surface area (Å²) < 4.78 is 0. The van der Waals surface area contributed by atoms with Crippen LogP contribution in [0.2, 0.25) is 0 Å². The Morgan fingerprint density at radius 1 is 0.218 bits per heavy atom. The van der Waals surface area contributed by atoms with Gasteiger partial charge in [0.05, 0.1) is 35.5 Å². The van der Waals surface area contributed by atoms with Crippen molar-refractivity contribution in [3.8, 4) is 44.5 Å². The quantitative estimate of drug-likeness (QED) is 0.0269. The molecular weight excluding hydrogens is 1260 g/mol. The van der Waals surface area contributed by atoms with Crippen molar-refractivity contribution in [2.45, 2.75) is 65.2 Å². The van der Waals surface area contributed by atoms with Crippen LogP contribution in [0.1, 0.15) is 59.2 Å². The van der Waals surface area contributed by atoms with Gasteiger partial charge in [-0.1, -0.05) is 323 Å². The van der Waals surface area contributed by atoms with E-state index < -0.39 is 65.4 Å². The molecule has 11 aromatic rings. The van der Waals surface area contributed by atoms with Gasteiger partial charge >= 0.3 is 35.8 Å². The van der Waals surface area contributed by atoms with Crippen LogP contribution < -0.4 is 0 Å². The van der Waals surface area contributed by atoms with Crippen molar-refractivity contribution in [1.29, 1.82) is 0 Å². The summed E-state index contributed by atoms with van der Waals surface area (Å²) in [6, 6.07) is 100. The standard InChI is InChI=1S/2C24H22O4.C24H24O2.C17H18O2/c2*25-23(26)21(15-17-7-3-1-4-8-17)22(24(27)28)16-18-11-13-20(14-12-18)19-9-5-2-6-10-19;1-18(16-19-8-4-2-5-9-19)23(24(25)26)17-20-12-14-22(15-13-20)21-10-6-3-7-11-21;1-2-14(17(18)19)12-13-8-10-16(11-9-13)15-6-4-3-5-7-15/h2*1-14,21-22H,15-16H2,(H,25,26)(H,27,28);2-15,18,23H,16-17H2,1H3,(H,25,26);3-11,14H,2,12H2,1H3,(H,18,19)/t21-,22+;21-,22-;18-,23-;14-/m1001/s1. The van der Waals surface area contributed by atoms with E-state index in [-0.39, 0.29) is 37.5 Å². The number of hydrogen-bond acceptors (Lipinski definition) is 6. The molecule has 11 rings (SSSR count). The van der Waals surface area contributed by atoms with Crippen LogP contribution in [0.15, 0.2) is 309 Å². The number of carboxylic acids is 6. The van der Waals surface area contributed by atoms with Crippen molar-refractivity contribution in [3.05, 3.63) is 348 Å². The van der Waals surface area contributed by atoms with E-state index in [0.717, 1.165) is 73.2 Å². The highest BCUT2D eigenvalue weighted by Gasteiger charge is 2.35. The molecule has 6 N–H and O–H groups in total. The van der Waals surface area contributed by atoms with Crippen LogP contribution in [0.25, 0.3) is 44.5 Å². The Morgan fingerprint density at radius 2 is 0.396 bits per heavy atom. The molecule has 0 radical (unpaired) electrons. The molecule has 0 spiro atoms. The van der Waals surface area contributed by atoms with Crippen LogP contribution in [0.4, 0.5) is 0 Å². The lowest BCUT2D eigenvalue weighted by atomic mass is 9.82. The van der Waals surface area contributed by atoms with Gasteiger partial charge in [0, 0.05) is 0 Å². The molecule has 0 aliphatic heterocycles. The molecule has 0 aromatic heterocycles. The summed E-state index contributed by atoms with van der Waals surface area (Å²) in [6.07, 6.45) is 3.32. The van der Waals surface area contributed by atoms with Crippen LogP contribution in [-0.4, -0.2) is 66.5 Å². The lowest BCUT2D eigenvalue weighted by Gasteiger charge is -2.21. The van der Waals surface area contributed by atoms with Gasteiger partial charge < -0.3 is 30.6 Å². The van der Waals surface area contributed by atoms with Crippen molar-refractivity contribution in [3.63, 3.8) is 0 Å². The van der Waals surface area contributed by atoms with Crippen molar-refractivity contribution < 1.29 is 59.4 Å². The average molecular weight is 1350 g/mol. The molecule has 0 amide bonds. The zero-order valence-electron chi connectivity index (χ0n) is 56.8. The fraction of sp³-hybridized carbons (Fsp3) is 0.191. The highest BCUT2D eigenvalue weighted by atomic mass is 16.4. The van der Waals surface area contributed by atoms with E-state index in [0.29, 0.717) is 19.3 Å². The van der Waals surface area contributed by atoms with Gasteiger partial charge in [-0.3, -0.25) is 28.8 Å². The van der Waals surface area contributed by atoms with Crippen molar-refractivity contribution in [1.82, 2.24) is 0 Å². The van der Waals surface area contributed by atoms with E-state index >= 15 is 0 Å². The second kappa shape index (κ2) is 39.0. The summed E-state index contributed by atoms with van der Waals surface area (Å²) in [5, 5.41) is 57.5. The average Bonchev–Trinajstić information content (AvgIpc) is 0.857. The summed E-state index contributed by atoms with van der Waals surface area (Å²) in [7, 11) is 0. The van der Waals surface area contributed by atoms with E-state index in [1.807, 2.05) is 263 Å². The van der Waals surface area contributed by atoms with Gasteiger partial charge in [0.25, 0.3) is 0 Å². The maximum atomic E-state index is 11.9. The predicted octanol–water partition coefficient (Wildman–Crippen LogP) is 18.6. The zero-order chi connectivity index (χ0) is 71.9. The molecule has 11 aromatic carbocycles. The molecule has 0 saturated carbocycles. The minimum Gasteiger partial charge on any atom is -0.481 e. The molecule has 0 bridgehead atoms. The van der Waals surface area contributed by atoms with Crippen molar-refractivity contribution in [2.24, 2.45) is 41.4 Å². The fourth-order valence-corrected chi connectivity index (χ4v) is 12.3. The Balaban J connectivity index is 0.000000173. The summed E-state index contributed by atoms with van der Waals surface area (Å²) in [5.41, 5.74) is 15.5. The Bertz CT molecular complexity index is 4150. The Morgan fingerprint density at radius 3 is 0.604 bits per heavy atom. The third kappa shape index (κ3) is 23.7. The van der Waals surface area contributed by atoms with Gasteiger partial charge in [-0.15, -0.1) is 0 Å². The van der Waals surface area contributed by atoms with E-state index in [9.17, 15) is 54.3 Å². The first-order valence-corrected chi connectivity index (χ1v) is 34.0. The molecule has 12 heteroatoms. The van der Waals surface area contributed by atoms with E-state index in [1.165, 1.54) is 16.7 Å². The summed E-state index contributed by atoms with van der Waals surface area (Å²) >= 11 is 0. The molecule has 12 nitrogen and oxygen atoms in total. The number of carboxylic acid groups (broad SMARTS) is 6. The smallest absolute Gasteiger partial charge is 0.307 e.